The number of alkyl halides is 2. The molecule has 0 aliphatic heterocycles. The van der Waals surface area contributed by atoms with Crippen LogP contribution in [0.15, 0.2) is 18.3 Å². The van der Waals surface area contributed by atoms with Crippen LogP contribution in [-0.4, -0.2) is 17.5 Å². The molecule has 0 unspecified atom stereocenters. The van der Waals surface area contributed by atoms with E-state index in [1.54, 1.807) is 0 Å². The normalized spacial score (nSPS) is 16.4. The predicted molar refractivity (Wildman–Crippen MR) is 66.1 cm³/mol. The number of amides is 1. The second kappa shape index (κ2) is 6.45. The number of rotatable bonds is 4. The molecule has 19 heavy (non-hydrogen) atoms. The standard InChI is InChI=1S/C13H16F2N2O2/c14-13(15)19-10-7-4-8-16-11(10)17-12(18)9-5-2-1-3-6-9/h4,7-9,13H,1-3,5-6H2,(H,16,17,18). The lowest BCUT2D eigenvalue weighted by Crippen LogP contribution is -2.25. The molecule has 0 atom stereocenters. The van der Waals surface area contributed by atoms with E-state index in [9.17, 15) is 13.6 Å². The topological polar surface area (TPSA) is 51.2 Å². The van der Waals surface area contributed by atoms with Gasteiger partial charge in [0.05, 0.1) is 0 Å². The molecule has 0 aromatic carbocycles. The van der Waals surface area contributed by atoms with Crippen LogP contribution in [0.5, 0.6) is 5.75 Å². The molecule has 1 heterocycles. The number of carbonyl (C=O) groups is 1. The lowest BCUT2D eigenvalue weighted by atomic mass is 9.89. The van der Waals surface area contributed by atoms with Crippen molar-refractivity contribution in [3.05, 3.63) is 18.3 Å². The first-order chi connectivity index (χ1) is 9.16. The smallest absolute Gasteiger partial charge is 0.387 e. The summed E-state index contributed by atoms with van der Waals surface area (Å²) in [5.74, 6) is -0.285. The summed E-state index contributed by atoms with van der Waals surface area (Å²) in [7, 11) is 0. The molecule has 0 bridgehead atoms. The van der Waals surface area contributed by atoms with Crippen molar-refractivity contribution >= 4 is 11.7 Å². The van der Waals surface area contributed by atoms with E-state index < -0.39 is 6.61 Å². The van der Waals surface area contributed by atoms with Crippen molar-refractivity contribution in [2.24, 2.45) is 5.92 Å². The molecule has 0 saturated heterocycles. The fraction of sp³-hybridized carbons (Fsp3) is 0.538. The minimum atomic E-state index is -2.94. The predicted octanol–water partition coefficient (Wildman–Crippen LogP) is 3.20. The maximum absolute atomic E-state index is 12.2. The second-order valence-electron chi connectivity index (χ2n) is 4.55. The molecule has 4 nitrogen and oxygen atoms in total. The van der Waals surface area contributed by atoms with E-state index in [1.165, 1.54) is 18.3 Å². The van der Waals surface area contributed by atoms with E-state index in [2.05, 4.69) is 15.0 Å². The molecule has 1 aliphatic rings. The average Bonchev–Trinajstić information content (AvgIpc) is 2.41. The van der Waals surface area contributed by atoms with E-state index in [0.29, 0.717) is 0 Å². The van der Waals surface area contributed by atoms with E-state index in [0.717, 1.165) is 32.1 Å². The van der Waals surface area contributed by atoms with Gasteiger partial charge in [0.2, 0.25) is 5.91 Å². The fourth-order valence-electron chi connectivity index (χ4n) is 2.26. The van der Waals surface area contributed by atoms with Crippen molar-refractivity contribution in [3.63, 3.8) is 0 Å². The Labute approximate surface area is 110 Å². The number of halogens is 2. The van der Waals surface area contributed by atoms with Crippen molar-refractivity contribution < 1.29 is 18.3 Å². The van der Waals surface area contributed by atoms with Gasteiger partial charge in [-0.3, -0.25) is 4.79 Å². The average molecular weight is 270 g/mol. The van der Waals surface area contributed by atoms with Crippen LogP contribution in [0.2, 0.25) is 0 Å². The van der Waals surface area contributed by atoms with Crippen molar-refractivity contribution in [2.45, 2.75) is 38.7 Å². The Kier molecular flexibility index (Phi) is 4.65. The number of nitrogens with one attached hydrogen (secondary N) is 1. The van der Waals surface area contributed by atoms with Crippen LogP contribution in [0, 0.1) is 5.92 Å². The molecule has 104 valence electrons. The number of carbonyl (C=O) groups excluding carboxylic acids is 1. The van der Waals surface area contributed by atoms with Crippen molar-refractivity contribution in [1.29, 1.82) is 0 Å². The highest BCUT2D eigenvalue weighted by molar-refractivity contribution is 5.92. The lowest BCUT2D eigenvalue weighted by molar-refractivity contribution is -0.120. The minimum absolute atomic E-state index is 0.0540. The van der Waals surface area contributed by atoms with E-state index in [4.69, 9.17) is 0 Å². The summed E-state index contributed by atoms with van der Waals surface area (Å²) in [6.45, 7) is -2.94. The van der Waals surface area contributed by atoms with Gasteiger partial charge in [-0.2, -0.15) is 8.78 Å². The number of nitrogens with zero attached hydrogens (tertiary/aromatic N) is 1. The molecular weight excluding hydrogens is 254 g/mol. The molecule has 1 fully saturated rings. The van der Waals surface area contributed by atoms with Gasteiger partial charge in [0.15, 0.2) is 11.6 Å². The molecule has 1 saturated carbocycles. The summed E-state index contributed by atoms with van der Waals surface area (Å²) in [5.41, 5.74) is 0. The molecule has 6 heteroatoms. The Morgan fingerprint density at radius 2 is 2.11 bits per heavy atom. The Balaban J connectivity index is 2.03. The number of pyridine rings is 1. The first-order valence-electron chi connectivity index (χ1n) is 6.37. The highest BCUT2D eigenvalue weighted by Gasteiger charge is 2.22. The Hall–Kier alpha value is -1.72. The summed E-state index contributed by atoms with van der Waals surface area (Å²) in [5, 5.41) is 2.58. The Morgan fingerprint density at radius 1 is 1.37 bits per heavy atom. The van der Waals surface area contributed by atoms with Gasteiger partial charge in [-0.05, 0) is 25.0 Å². The highest BCUT2D eigenvalue weighted by Crippen LogP contribution is 2.27. The maximum Gasteiger partial charge on any atom is 0.387 e. The Morgan fingerprint density at radius 3 is 2.79 bits per heavy atom. The van der Waals surface area contributed by atoms with Crippen molar-refractivity contribution in [3.8, 4) is 5.75 Å². The summed E-state index contributed by atoms with van der Waals surface area (Å²) >= 11 is 0. The summed E-state index contributed by atoms with van der Waals surface area (Å²) in [6, 6.07) is 2.84. The van der Waals surface area contributed by atoms with Gasteiger partial charge in [0.25, 0.3) is 0 Å². The SMILES string of the molecule is O=C(Nc1ncccc1OC(F)F)C1CCCCC1. The monoisotopic (exact) mass is 270 g/mol. The molecule has 0 spiro atoms. The third kappa shape index (κ3) is 3.87. The van der Waals surface area contributed by atoms with Crippen LogP contribution in [0.25, 0.3) is 0 Å². The Bertz CT molecular complexity index is 434. The maximum atomic E-state index is 12.2. The first kappa shape index (κ1) is 13.7. The molecule has 0 radical (unpaired) electrons. The van der Waals surface area contributed by atoms with E-state index in [1.807, 2.05) is 0 Å². The number of hydrogen-bond donors (Lipinski definition) is 1. The van der Waals surface area contributed by atoms with Gasteiger partial charge >= 0.3 is 6.61 Å². The van der Waals surface area contributed by atoms with E-state index >= 15 is 0 Å². The number of aromatic nitrogens is 1. The third-order valence-corrected chi connectivity index (χ3v) is 3.20. The molecule has 1 aromatic heterocycles. The van der Waals surface area contributed by atoms with Gasteiger partial charge in [-0.15, -0.1) is 0 Å². The molecule has 1 N–H and O–H groups in total. The van der Waals surface area contributed by atoms with Crippen LogP contribution in [0.1, 0.15) is 32.1 Å². The first-order valence-corrected chi connectivity index (χ1v) is 6.37. The minimum Gasteiger partial charge on any atom is -0.431 e. The third-order valence-electron chi connectivity index (χ3n) is 3.20. The zero-order valence-electron chi connectivity index (χ0n) is 10.4. The lowest BCUT2D eigenvalue weighted by Gasteiger charge is -2.21. The van der Waals surface area contributed by atoms with Gasteiger partial charge in [0, 0.05) is 12.1 Å². The van der Waals surface area contributed by atoms with Gasteiger partial charge in [0.1, 0.15) is 0 Å². The van der Waals surface area contributed by atoms with Crippen LogP contribution >= 0.6 is 0 Å². The van der Waals surface area contributed by atoms with Crippen LogP contribution in [0.3, 0.4) is 0 Å². The quantitative estimate of drug-likeness (QED) is 0.914. The number of hydrogen-bond acceptors (Lipinski definition) is 3. The zero-order chi connectivity index (χ0) is 13.7. The van der Waals surface area contributed by atoms with Gasteiger partial charge in [-0.1, -0.05) is 19.3 Å². The summed E-state index contributed by atoms with van der Waals surface area (Å²) < 4.78 is 28.8. The molecular formula is C13H16F2N2O2. The molecule has 1 aliphatic carbocycles. The summed E-state index contributed by atoms with van der Waals surface area (Å²) in [6.07, 6.45) is 6.30. The van der Waals surface area contributed by atoms with Gasteiger partial charge in [-0.25, -0.2) is 4.98 Å². The van der Waals surface area contributed by atoms with Gasteiger partial charge < -0.3 is 10.1 Å². The van der Waals surface area contributed by atoms with Crippen LogP contribution in [-0.2, 0) is 4.79 Å². The van der Waals surface area contributed by atoms with Crippen molar-refractivity contribution in [2.75, 3.05) is 5.32 Å². The molecule has 2 rings (SSSR count). The largest absolute Gasteiger partial charge is 0.431 e. The van der Waals surface area contributed by atoms with Crippen LogP contribution < -0.4 is 10.1 Å². The zero-order valence-corrected chi connectivity index (χ0v) is 10.4. The summed E-state index contributed by atoms with van der Waals surface area (Å²) in [4.78, 5) is 15.9. The number of ether oxygens (including phenoxy) is 1. The van der Waals surface area contributed by atoms with Crippen molar-refractivity contribution in [1.82, 2.24) is 4.98 Å². The van der Waals surface area contributed by atoms with Crippen LogP contribution in [0.4, 0.5) is 14.6 Å². The molecule has 1 amide bonds. The molecule has 1 aromatic rings. The highest BCUT2D eigenvalue weighted by atomic mass is 19.3. The fourth-order valence-corrected chi connectivity index (χ4v) is 2.26. The van der Waals surface area contributed by atoms with E-state index in [-0.39, 0.29) is 23.4 Å². The second-order valence-corrected chi connectivity index (χ2v) is 4.55. The number of anilines is 1.